The first-order chi connectivity index (χ1) is 14.2. The topological polar surface area (TPSA) is 96.8 Å². The molecule has 3 N–H and O–H groups in total. The smallest absolute Gasteiger partial charge is 0.323 e. The fraction of sp³-hybridized carbons (Fsp3) is 0. The molecule has 4 aromatic rings. The molecule has 2 aromatic heterocycles. The first-order valence-electron chi connectivity index (χ1n) is 8.70. The molecule has 2 aromatic carbocycles. The van der Waals surface area contributed by atoms with Gasteiger partial charge in [-0.05, 0) is 66.7 Å². The monoisotopic (exact) mass is 389 g/mol. The van der Waals surface area contributed by atoms with Crippen LogP contribution in [0.1, 0.15) is 0 Å². The maximum atomic E-state index is 12.9. The van der Waals surface area contributed by atoms with E-state index in [0.29, 0.717) is 23.0 Å². The number of halogens is 1. The minimum atomic E-state index is -0.419. The van der Waals surface area contributed by atoms with Crippen LogP contribution in [0, 0.1) is 5.82 Å². The van der Waals surface area contributed by atoms with Gasteiger partial charge in [-0.3, -0.25) is 0 Å². The van der Waals surface area contributed by atoms with E-state index in [1.54, 1.807) is 53.5 Å². The van der Waals surface area contributed by atoms with Gasteiger partial charge in [0.25, 0.3) is 0 Å². The lowest BCUT2D eigenvalue weighted by Crippen LogP contribution is -2.19. The largest absolute Gasteiger partial charge is 0.339 e. The Labute approximate surface area is 165 Å². The van der Waals surface area contributed by atoms with Crippen LogP contribution in [0.5, 0.6) is 0 Å². The summed E-state index contributed by atoms with van der Waals surface area (Å²) in [5, 5.41) is 20.8. The van der Waals surface area contributed by atoms with Crippen molar-refractivity contribution in [3.05, 3.63) is 84.9 Å². The molecule has 0 aliphatic rings. The van der Waals surface area contributed by atoms with Crippen LogP contribution in [0.3, 0.4) is 0 Å². The highest BCUT2D eigenvalue weighted by Gasteiger charge is 2.04. The molecule has 2 amide bonds. The lowest BCUT2D eigenvalue weighted by molar-refractivity contribution is 0.262. The molecule has 0 atom stereocenters. The Morgan fingerprint density at radius 2 is 1.48 bits per heavy atom. The van der Waals surface area contributed by atoms with Crippen LogP contribution in [-0.4, -0.2) is 26.0 Å². The zero-order chi connectivity index (χ0) is 20.1. The number of carbonyl (C=O) groups is 1. The SMILES string of the molecule is O=C(Nc1ccc(F)cc1)Nc1ccc(Nc2ccc(-n3cccn3)nn2)cc1. The minimum Gasteiger partial charge on any atom is -0.339 e. The quantitative estimate of drug-likeness (QED) is 0.476. The van der Waals surface area contributed by atoms with Crippen molar-refractivity contribution in [1.29, 1.82) is 0 Å². The van der Waals surface area contributed by atoms with Crippen molar-refractivity contribution in [3.63, 3.8) is 0 Å². The van der Waals surface area contributed by atoms with E-state index in [0.717, 1.165) is 5.69 Å². The number of aromatic nitrogens is 4. The number of hydrogen-bond acceptors (Lipinski definition) is 5. The van der Waals surface area contributed by atoms with Gasteiger partial charge in [-0.15, -0.1) is 10.2 Å². The van der Waals surface area contributed by atoms with Crippen molar-refractivity contribution in [2.45, 2.75) is 0 Å². The summed E-state index contributed by atoms with van der Waals surface area (Å²) >= 11 is 0. The second-order valence-corrected chi connectivity index (χ2v) is 6.02. The van der Waals surface area contributed by atoms with E-state index in [1.807, 2.05) is 6.07 Å². The number of hydrogen-bond donors (Lipinski definition) is 3. The number of benzene rings is 2. The Morgan fingerprint density at radius 1 is 0.828 bits per heavy atom. The zero-order valence-electron chi connectivity index (χ0n) is 15.1. The molecule has 0 aliphatic heterocycles. The first kappa shape index (κ1) is 18.1. The van der Waals surface area contributed by atoms with Gasteiger partial charge in [0.05, 0.1) is 0 Å². The van der Waals surface area contributed by atoms with Gasteiger partial charge in [0.2, 0.25) is 0 Å². The Balaban J connectivity index is 1.34. The Morgan fingerprint density at radius 3 is 2.07 bits per heavy atom. The zero-order valence-corrected chi connectivity index (χ0v) is 15.1. The predicted octanol–water partition coefficient (Wildman–Crippen LogP) is 4.19. The van der Waals surface area contributed by atoms with Crippen LogP contribution in [0.25, 0.3) is 5.82 Å². The second-order valence-electron chi connectivity index (χ2n) is 6.02. The summed E-state index contributed by atoms with van der Waals surface area (Å²) in [6.07, 6.45) is 3.46. The summed E-state index contributed by atoms with van der Waals surface area (Å²) in [7, 11) is 0. The maximum Gasteiger partial charge on any atom is 0.323 e. The lowest BCUT2D eigenvalue weighted by atomic mass is 10.2. The van der Waals surface area contributed by atoms with Crippen molar-refractivity contribution in [2.24, 2.45) is 0 Å². The molecule has 2 heterocycles. The molecule has 8 nitrogen and oxygen atoms in total. The van der Waals surface area contributed by atoms with Gasteiger partial charge in [0.15, 0.2) is 11.6 Å². The van der Waals surface area contributed by atoms with Crippen LogP contribution < -0.4 is 16.0 Å². The number of amides is 2. The van der Waals surface area contributed by atoms with Gasteiger partial charge in [0, 0.05) is 29.5 Å². The second kappa shape index (κ2) is 8.17. The van der Waals surface area contributed by atoms with E-state index in [4.69, 9.17) is 0 Å². The van der Waals surface area contributed by atoms with Gasteiger partial charge < -0.3 is 16.0 Å². The van der Waals surface area contributed by atoms with Gasteiger partial charge in [-0.2, -0.15) is 5.10 Å². The Kier molecular flexibility index (Phi) is 5.10. The van der Waals surface area contributed by atoms with Gasteiger partial charge in [-0.1, -0.05) is 0 Å². The Hall–Kier alpha value is -4.27. The summed E-state index contributed by atoms with van der Waals surface area (Å²) in [6.45, 7) is 0. The van der Waals surface area contributed by atoms with Crippen molar-refractivity contribution >= 4 is 28.9 Å². The molecule has 144 valence electrons. The van der Waals surface area contributed by atoms with Crippen LogP contribution in [0.15, 0.2) is 79.1 Å². The standard InChI is InChI=1S/C20H16FN7O/c21-14-2-4-16(5-3-14)24-20(29)25-17-8-6-15(7-9-17)23-18-10-11-19(27-26-18)28-13-1-12-22-28/h1-13H,(H,23,26)(H2,24,25,29). The Bertz CT molecular complexity index is 1080. The molecule has 4 rings (SSSR count). The number of rotatable bonds is 5. The van der Waals surface area contributed by atoms with E-state index in [1.165, 1.54) is 24.3 Å². The maximum absolute atomic E-state index is 12.9. The van der Waals surface area contributed by atoms with Crippen molar-refractivity contribution in [3.8, 4) is 5.82 Å². The molecule has 0 saturated heterocycles. The van der Waals surface area contributed by atoms with E-state index < -0.39 is 6.03 Å². The van der Waals surface area contributed by atoms with Crippen LogP contribution in [0.2, 0.25) is 0 Å². The van der Waals surface area contributed by atoms with Gasteiger partial charge >= 0.3 is 6.03 Å². The number of anilines is 4. The third-order valence-corrected chi connectivity index (χ3v) is 3.91. The fourth-order valence-corrected chi connectivity index (χ4v) is 2.53. The third kappa shape index (κ3) is 4.72. The highest BCUT2D eigenvalue weighted by atomic mass is 19.1. The van der Waals surface area contributed by atoms with Crippen LogP contribution >= 0.6 is 0 Å². The van der Waals surface area contributed by atoms with Crippen LogP contribution in [-0.2, 0) is 0 Å². The predicted molar refractivity (Wildman–Crippen MR) is 108 cm³/mol. The molecular formula is C20H16FN7O. The molecule has 0 spiro atoms. The molecule has 0 unspecified atom stereocenters. The minimum absolute atomic E-state index is 0.361. The normalized spacial score (nSPS) is 10.4. The highest BCUT2D eigenvalue weighted by molar-refractivity contribution is 5.99. The van der Waals surface area contributed by atoms with Crippen LogP contribution in [0.4, 0.5) is 32.1 Å². The summed E-state index contributed by atoms with van der Waals surface area (Å²) < 4.78 is 14.5. The van der Waals surface area contributed by atoms with E-state index in [9.17, 15) is 9.18 Å². The summed E-state index contributed by atoms with van der Waals surface area (Å²) in [4.78, 5) is 12.0. The molecule has 0 radical (unpaired) electrons. The van der Waals surface area contributed by atoms with E-state index in [2.05, 4.69) is 31.2 Å². The molecule has 0 fully saturated rings. The number of nitrogens with one attached hydrogen (secondary N) is 3. The molecule has 9 heteroatoms. The summed E-state index contributed by atoms with van der Waals surface area (Å²) in [5.41, 5.74) is 1.89. The average molecular weight is 389 g/mol. The van der Waals surface area contributed by atoms with Crippen molar-refractivity contribution in [2.75, 3.05) is 16.0 Å². The summed E-state index contributed by atoms with van der Waals surface area (Å²) in [6, 6.07) is 17.6. The fourth-order valence-electron chi connectivity index (χ4n) is 2.53. The number of urea groups is 1. The molecule has 29 heavy (non-hydrogen) atoms. The third-order valence-electron chi connectivity index (χ3n) is 3.91. The molecular weight excluding hydrogens is 373 g/mol. The molecule has 0 saturated carbocycles. The molecule has 0 bridgehead atoms. The first-order valence-corrected chi connectivity index (χ1v) is 8.70. The van der Waals surface area contributed by atoms with Gasteiger partial charge in [-0.25, -0.2) is 13.9 Å². The van der Waals surface area contributed by atoms with Gasteiger partial charge in [0.1, 0.15) is 5.82 Å². The summed E-state index contributed by atoms with van der Waals surface area (Å²) in [5.74, 6) is 0.836. The number of nitrogens with zero attached hydrogens (tertiary/aromatic N) is 4. The van der Waals surface area contributed by atoms with E-state index in [-0.39, 0.29) is 5.82 Å². The van der Waals surface area contributed by atoms with Crippen molar-refractivity contribution in [1.82, 2.24) is 20.0 Å². The lowest BCUT2D eigenvalue weighted by Gasteiger charge is -2.09. The molecule has 0 aliphatic carbocycles. The average Bonchev–Trinajstić information content (AvgIpc) is 3.27. The van der Waals surface area contributed by atoms with Crippen molar-refractivity contribution < 1.29 is 9.18 Å². The van der Waals surface area contributed by atoms with E-state index >= 15 is 0 Å². The number of carbonyl (C=O) groups excluding carboxylic acids is 1. The highest BCUT2D eigenvalue weighted by Crippen LogP contribution is 2.18.